The highest BCUT2D eigenvalue weighted by Gasteiger charge is 2.39. The van der Waals surface area contributed by atoms with Gasteiger partial charge in [-0.1, -0.05) is 30.3 Å². The van der Waals surface area contributed by atoms with Crippen LogP contribution in [0, 0.1) is 19.3 Å². The first-order valence-corrected chi connectivity index (χ1v) is 11.2. The van der Waals surface area contributed by atoms with Gasteiger partial charge in [0.15, 0.2) is 5.78 Å². The Balaban J connectivity index is 1.68. The largest absolute Gasteiger partial charge is 0.318 e. The number of hydrogen-bond donors (Lipinski definition) is 1. The minimum Gasteiger partial charge on any atom is -0.318 e. The van der Waals surface area contributed by atoms with Crippen LogP contribution in [0.15, 0.2) is 35.2 Å². The van der Waals surface area contributed by atoms with Gasteiger partial charge in [-0.15, -0.1) is 21.5 Å². The normalized spacial score (nSPS) is 18.2. The van der Waals surface area contributed by atoms with Gasteiger partial charge in [0, 0.05) is 22.1 Å². The molecule has 4 rings (SSSR count). The van der Waals surface area contributed by atoms with Gasteiger partial charge < -0.3 is 4.57 Å². The minimum atomic E-state index is -0.621. The molecule has 0 spiro atoms. The summed E-state index contributed by atoms with van der Waals surface area (Å²) in [6, 6.07) is 9.73. The summed E-state index contributed by atoms with van der Waals surface area (Å²) >= 11 is 8.65. The molecule has 2 aromatic heterocycles. The average molecular weight is 443 g/mol. The second-order valence-electron chi connectivity index (χ2n) is 6.80. The molecule has 148 valence electrons. The summed E-state index contributed by atoms with van der Waals surface area (Å²) in [5, 5.41) is 19.1. The zero-order chi connectivity index (χ0) is 20.7. The van der Waals surface area contributed by atoms with Gasteiger partial charge in [-0.05, 0) is 62.2 Å². The second-order valence-corrected chi connectivity index (χ2v) is 9.41. The molecular formula is C21H19ClN4OS2. The topological polar surface area (TPSA) is 71.6 Å². The third-order valence-electron chi connectivity index (χ3n) is 4.86. The molecule has 29 heavy (non-hydrogen) atoms. The summed E-state index contributed by atoms with van der Waals surface area (Å²) < 4.78 is 2.13. The third-order valence-corrected chi connectivity index (χ3v) is 7.24. The van der Waals surface area contributed by atoms with E-state index in [0.717, 1.165) is 34.1 Å². The smallest absolute Gasteiger partial charge is 0.186 e. The zero-order valence-corrected chi connectivity index (χ0v) is 18.6. The fourth-order valence-electron chi connectivity index (χ4n) is 3.40. The number of carbonyl (C=O) groups is 1. The zero-order valence-electron chi connectivity index (χ0n) is 16.2. The highest BCUT2D eigenvalue weighted by molar-refractivity contribution is 8.19. The van der Waals surface area contributed by atoms with E-state index in [9.17, 15) is 4.79 Å². The number of carbonyl (C=O) groups excluding carboxylic acids is 1. The van der Waals surface area contributed by atoms with Crippen molar-refractivity contribution in [1.29, 1.82) is 5.41 Å². The lowest BCUT2D eigenvalue weighted by Crippen LogP contribution is -2.11. The number of ketones is 1. The number of aromatic nitrogens is 3. The molecule has 0 bridgehead atoms. The highest BCUT2D eigenvalue weighted by atomic mass is 35.5. The number of allylic oxidation sites excluding steroid dienone is 1. The molecule has 1 atom stereocenters. The third kappa shape index (κ3) is 3.70. The minimum absolute atomic E-state index is 0.0740. The van der Waals surface area contributed by atoms with E-state index < -0.39 is 5.92 Å². The van der Waals surface area contributed by atoms with Crippen LogP contribution in [0.5, 0.6) is 0 Å². The van der Waals surface area contributed by atoms with Gasteiger partial charge in [0.25, 0.3) is 0 Å². The van der Waals surface area contributed by atoms with E-state index in [-0.39, 0.29) is 5.78 Å². The van der Waals surface area contributed by atoms with Crippen LogP contribution in [-0.4, -0.2) is 25.6 Å². The first kappa shape index (κ1) is 20.1. The number of rotatable bonds is 4. The SMILES string of the molecule is CCc1nnc([C@H]2C(=N)S/C(=C\c3cc(C)n(-c4ccc(Cl)cc4)c3C)C2=O)s1. The van der Waals surface area contributed by atoms with Crippen LogP contribution >= 0.6 is 34.7 Å². The maximum absolute atomic E-state index is 13.0. The fraction of sp³-hybridized carbons (Fsp3) is 0.238. The van der Waals surface area contributed by atoms with Crippen molar-refractivity contribution in [2.75, 3.05) is 0 Å². The molecule has 0 amide bonds. The number of thioether (sulfide) groups is 1. The fourth-order valence-corrected chi connectivity index (χ4v) is 5.47. The predicted molar refractivity (Wildman–Crippen MR) is 121 cm³/mol. The number of aryl methyl sites for hydroxylation is 2. The lowest BCUT2D eigenvalue weighted by molar-refractivity contribution is -0.114. The van der Waals surface area contributed by atoms with Crippen molar-refractivity contribution in [3.63, 3.8) is 0 Å². The molecule has 0 unspecified atom stereocenters. The monoisotopic (exact) mass is 442 g/mol. The van der Waals surface area contributed by atoms with E-state index in [2.05, 4.69) is 20.8 Å². The van der Waals surface area contributed by atoms with Crippen molar-refractivity contribution in [3.8, 4) is 5.69 Å². The van der Waals surface area contributed by atoms with E-state index in [1.54, 1.807) is 0 Å². The first-order chi connectivity index (χ1) is 13.9. The van der Waals surface area contributed by atoms with Gasteiger partial charge in [0.05, 0.1) is 9.95 Å². The molecule has 0 aliphatic carbocycles. The maximum Gasteiger partial charge on any atom is 0.186 e. The summed E-state index contributed by atoms with van der Waals surface area (Å²) in [6.45, 7) is 6.06. The maximum atomic E-state index is 13.0. The van der Waals surface area contributed by atoms with E-state index in [1.807, 2.05) is 51.1 Å². The Morgan fingerprint density at radius 2 is 1.97 bits per heavy atom. The van der Waals surface area contributed by atoms with Gasteiger partial charge in [0.1, 0.15) is 15.9 Å². The molecule has 3 aromatic rings. The number of nitrogens with one attached hydrogen (secondary N) is 1. The van der Waals surface area contributed by atoms with Gasteiger partial charge in [-0.25, -0.2) is 0 Å². The van der Waals surface area contributed by atoms with Gasteiger partial charge in [0.2, 0.25) is 0 Å². The Bertz CT molecular complexity index is 1140. The number of halogens is 1. The number of hydrogen-bond acceptors (Lipinski definition) is 6. The number of benzene rings is 1. The molecule has 3 heterocycles. The Morgan fingerprint density at radius 3 is 2.62 bits per heavy atom. The van der Waals surface area contributed by atoms with Gasteiger partial charge in [-0.3, -0.25) is 10.2 Å². The van der Waals surface area contributed by atoms with Crippen LogP contribution in [0.4, 0.5) is 0 Å². The Hall–Kier alpha value is -2.22. The van der Waals surface area contributed by atoms with Gasteiger partial charge in [-0.2, -0.15) is 0 Å². The molecular weight excluding hydrogens is 424 g/mol. The summed E-state index contributed by atoms with van der Waals surface area (Å²) in [5.41, 5.74) is 4.08. The predicted octanol–water partition coefficient (Wildman–Crippen LogP) is 5.58. The van der Waals surface area contributed by atoms with E-state index in [4.69, 9.17) is 17.0 Å². The molecule has 0 saturated carbocycles. The molecule has 8 heteroatoms. The molecule has 1 fully saturated rings. The Labute approximate surface area is 182 Å². The second kappa shape index (κ2) is 7.89. The van der Waals surface area contributed by atoms with E-state index in [0.29, 0.717) is 20.0 Å². The molecule has 1 N–H and O–H groups in total. The quantitative estimate of drug-likeness (QED) is 0.535. The molecule has 0 radical (unpaired) electrons. The summed E-state index contributed by atoms with van der Waals surface area (Å²) in [4.78, 5) is 13.6. The van der Waals surface area contributed by atoms with Crippen LogP contribution in [0.25, 0.3) is 11.8 Å². The van der Waals surface area contributed by atoms with E-state index >= 15 is 0 Å². The molecule has 5 nitrogen and oxygen atoms in total. The Morgan fingerprint density at radius 1 is 1.24 bits per heavy atom. The van der Waals surface area contributed by atoms with E-state index in [1.165, 1.54) is 23.1 Å². The van der Waals surface area contributed by atoms with Crippen molar-refractivity contribution < 1.29 is 4.79 Å². The number of nitrogens with zero attached hydrogens (tertiary/aromatic N) is 3. The van der Waals surface area contributed by atoms with Crippen LogP contribution in [-0.2, 0) is 11.2 Å². The summed E-state index contributed by atoms with van der Waals surface area (Å²) in [7, 11) is 0. The standard InChI is InChI=1S/C21H19ClN4OS2/c1-4-17-24-25-21(29-17)18-19(27)16(28-20(18)23)10-13-9-11(2)26(12(13)3)15-7-5-14(22)6-8-15/h5-10,18,23H,4H2,1-3H3/b16-10-,23-20?/t18-/m1/s1. The van der Waals surface area contributed by atoms with Crippen molar-refractivity contribution in [3.05, 3.63) is 67.2 Å². The first-order valence-electron chi connectivity index (χ1n) is 9.18. The van der Waals surface area contributed by atoms with Crippen LogP contribution in [0.3, 0.4) is 0 Å². The van der Waals surface area contributed by atoms with Gasteiger partial charge >= 0.3 is 0 Å². The summed E-state index contributed by atoms with van der Waals surface area (Å²) in [6.07, 6.45) is 2.66. The van der Waals surface area contributed by atoms with Crippen molar-refractivity contribution >= 4 is 51.6 Å². The molecule has 1 saturated heterocycles. The van der Waals surface area contributed by atoms with Crippen LogP contribution < -0.4 is 0 Å². The van der Waals surface area contributed by atoms with Crippen LogP contribution in [0.1, 0.15) is 39.8 Å². The highest BCUT2D eigenvalue weighted by Crippen LogP contribution is 2.42. The Kier molecular flexibility index (Phi) is 5.46. The summed E-state index contributed by atoms with van der Waals surface area (Å²) in [5.74, 6) is -0.695. The lowest BCUT2D eigenvalue weighted by Gasteiger charge is -2.09. The average Bonchev–Trinajstić information content (AvgIpc) is 3.34. The number of Topliss-reactive ketones (excluding diaryl/α,β-unsaturated/α-hetero) is 1. The van der Waals surface area contributed by atoms with Crippen LogP contribution in [0.2, 0.25) is 5.02 Å². The molecule has 1 aromatic carbocycles. The van der Waals surface area contributed by atoms with Crippen molar-refractivity contribution in [1.82, 2.24) is 14.8 Å². The van der Waals surface area contributed by atoms with Crippen molar-refractivity contribution in [2.45, 2.75) is 33.1 Å². The lowest BCUT2D eigenvalue weighted by atomic mass is 10.1. The molecule has 1 aliphatic rings. The molecule has 1 aliphatic heterocycles. The van der Waals surface area contributed by atoms with Crippen molar-refractivity contribution in [2.24, 2.45) is 0 Å².